The number of nitrogens with zero attached hydrogens (tertiary/aromatic N) is 4. The highest BCUT2D eigenvalue weighted by molar-refractivity contribution is 5.83. The molecular formula is C23H22F4N4O2. The zero-order valence-electron chi connectivity index (χ0n) is 17.7. The van der Waals surface area contributed by atoms with Crippen molar-refractivity contribution < 1.29 is 26.9 Å². The van der Waals surface area contributed by atoms with Gasteiger partial charge in [0.05, 0.1) is 18.7 Å². The maximum Gasteiger partial charge on any atom is 0.416 e. The van der Waals surface area contributed by atoms with Crippen LogP contribution in [0.25, 0.3) is 11.4 Å². The molecule has 2 aromatic carbocycles. The first-order valence-corrected chi connectivity index (χ1v) is 10.5. The van der Waals surface area contributed by atoms with Crippen LogP contribution in [0.15, 0.2) is 53.1 Å². The molecule has 1 aliphatic rings. The molecule has 0 amide bonds. The van der Waals surface area contributed by atoms with Gasteiger partial charge >= 0.3 is 6.18 Å². The number of alkyl halides is 3. The highest BCUT2D eigenvalue weighted by atomic mass is 19.4. The molecule has 10 heteroatoms. The van der Waals surface area contributed by atoms with Gasteiger partial charge in [0.15, 0.2) is 5.78 Å². The van der Waals surface area contributed by atoms with Gasteiger partial charge in [-0.25, -0.2) is 4.39 Å². The standard InChI is InChI=1S/C23H22F4N4O2/c24-18-7-5-16(6-8-18)22-28-21(33-29-22)15-31-11-9-30(10-12-31)14-19(32)13-17-3-1-2-4-20(17)23(25,26)27/h1-8H,9-15H2. The van der Waals surface area contributed by atoms with E-state index in [2.05, 4.69) is 15.0 Å². The third-order valence-corrected chi connectivity index (χ3v) is 5.50. The van der Waals surface area contributed by atoms with Crippen molar-refractivity contribution in [1.82, 2.24) is 19.9 Å². The van der Waals surface area contributed by atoms with Crippen LogP contribution in [0.5, 0.6) is 0 Å². The van der Waals surface area contributed by atoms with Crippen LogP contribution < -0.4 is 0 Å². The number of carbonyl (C=O) groups excluding carboxylic acids is 1. The molecule has 174 valence electrons. The van der Waals surface area contributed by atoms with E-state index >= 15 is 0 Å². The largest absolute Gasteiger partial charge is 0.416 e. The van der Waals surface area contributed by atoms with Crippen LogP contribution in [0.3, 0.4) is 0 Å². The predicted octanol–water partition coefficient (Wildman–Crippen LogP) is 3.82. The number of hydrogen-bond donors (Lipinski definition) is 0. The molecule has 2 heterocycles. The molecule has 1 fully saturated rings. The molecule has 3 aromatic rings. The molecule has 0 bridgehead atoms. The van der Waals surface area contributed by atoms with Crippen LogP contribution in [-0.2, 0) is 23.9 Å². The number of Topliss-reactive ketones (excluding diaryl/α,β-unsaturated/α-hetero) is 1. The van der Waals surface area contributed by atoms with Gasteiger partial charge < -0.3 is 4.52 Å². The van der Waals surface area contributed by atoms with E-state index in [4.69, 9.17) is 4.52 Å². The van der Waals surface area contributed by atoms with Crippen LogP contribution in [0, 0.1) is 5.82 Å². The van der Waals surface area contributed by atoms with E-state index in [0.29, 0.717) is 50.0 Å². The molecule has 0 atom stereocenters. The summed E-state index contributed by atoms with van der Waals surface area (Å²) in [5.74, 6) is 0.223. The Morgan fingerprint density at radius 2 is 1.64 bits per heavy atom. The van der Waals surface area contributed by atoms with E-state index < -0.39 is 11.7 Å². The first-order valence-electron chi connectivity index (χ1n) is 10.5. The fourth-order valence-electron chi connectivity index (χ4n) is 3.80. The van der Waals surface area contributed by atoms with E-state index in [1.165, 1.54) is 30.3 Å². The molecule has 1 aliphatic heterocycles. The van der Waals surface area contributed by atoms with Gasteiger partial charge in [-0.05, 0) is 35.9 Å². The van der Waals surface area contributed by atoms with E-state index in [1.807, 2.05) is 4.90 Å². The third-order valence-electron chi connectivity index (χ3n) is 5.50. The summed E-state index contributed by atoms with van der Waals surface area (Å²) in [6.45, 7) is 3.06. The summed E-state index contributed by atoms with van der Waals surface area (Å²) in [6.07, 6.45) is -4.72. The van der Waals surface area contributed by atoms with E-state index in [-0.39, 0.29) is 30.1 Å². The second-order valence-corrected chi connectivity index (χ2v) is 7.94. The minimum atomic E-state index is -4.48. The van der Waals surface area contributed by atoms with E-state index in [9.17, 15) is 22.4 Å². The van der Waals surface area contributed by atoms with Crippen molar-refractivity contribution >= 4 is 5.78 Å². The lowest BCUT2D eigenvalue weighted by Crippen LogP contribution is -2.47. The maximum absolute atomic E-state index is 13.1. The Kier molecular flexibility index (Phi) is 6.85. The van der Waals surface area contributed by atoms with Gasteiger partial charge in [-0.2, -0.15) is 18.2 Å². The van der Waals surface area contributed by atoms with Gasteiger partial charge in [-0.1, -0.05) is 23.4 Å². The van der Waals surface area contributed by atoms with Crippen molar-refractivity contribution in [3.05, 3.63) is 71.4 Å². The molecule has 0 radical (unpaired) electrons. The van der Waals surface area contributed by atoms with Gasteiger partial charge in [0.25, 0.3) is 0 Å². The molecule has 0 saturated carbocycles. The molecular weight excluding hydrogens is 440 g/mol. The maximum atomic E-state index is 13.1. The second kappa shape index (κ2) is 9.80. The summed E-state index contributed by atoms with van der Waals surface area (Å²) in [5.41, 5.74) is -0.105. The van der Waals surface area contributed by atoms with Gasteiger partial charge in [-0.3, -0.25) is 14.6 Å². The summed E-state index contributed by atoms with van der Waals surface area (Å²) in [4.78, 5) is 20.8. The van der Waals surface area contributed by atoms with Crippen LogP contribution >= 0.6 is 0 Å². The molecule has 1 saturated heterocycles. The highest BCUT2D eigenvalue weighted by Gasteiger charge is 2.33. The number of halogens is 4. The smallest absolute Gasteiger partial charge is 0.338 e. The lowest BCUT2D eigenvalue weighted by atomic mass is 10.0. The topological polar surface area (TPSA) is 62.5 Å². The van der Waals surface area contributed by atoms with Crippen LogP contribution in [0.4, 0.5) is 17.6 Å². The number of ketones is 1. The minimum Gasteiger partial charge on any atom is -0.338 e. The highest BCUT2D eigenvalue weighted by Crippen LogP contribution is 2.32. The normalized spacial score (nSPS) is 15.6. The number of hydrogen-bond acceptors (Lipinski definition) is 6. The molecule has 1 aromatic heterocycles. The number of aromatic nitrogens is 2. The van der Waals surface area contributed by atoms with Crippen LogP contribution in [-0.4, -0.2) is 58.4 Å². The first-order chi connectivity index (χ1) is 15.8. The quantitative estimate of drug-likeness (QED) is 0.498. The monoisotopic (exact) mass is 462 g/mol. The van der Waals surface area contributed by atoms with Crippen molar-refractivity contribution in [3.63, 3.8) is 0 Å². The second-order valence-electron chi connectivity index (χ2n) is 7.94. The molecule has 0 unspecified atom stereocenters. The lowest BCUT2D eigenvalue weighted by molar-refractivity contribution is -0.138. The van der Waals surface area contributed by atoms with Crippen LogP contribution in [0.1, 0.15) is 17.0 Å². The van der Waals surface area contributed by atoms with Gasteiger partial charge in [0, 0.05) is 38.2 Å². The summed E-state index contributed by atoms with van der Waals surface area (Å²) >= 11 is 0. The average Bonchev–Trinajstić information content (AvgIpc) is 3.24. The minimum absolute atomic E-state index is 0.00184. The fourth-order valence-corrected chi connectivity index (χ4v) is 3.80. The fraction of sp³-hybridized carbons (Fsp3) is 0.348. The Morgan fingerprint density at radius 3 is 2.33 bits per heavy atom. The average molecular weight is 462 g/mol. The number of carbonyl (C=O) groups is 1. The number of rotatable bonds is 7. The van der Waals surface area contributed by atoms with Crippen molar-refractivity contribution in [2.75, 3.05) is 32.7 Å². The summed E-state index contributed by atoms with van der Waals surface area (Å²) in [7, 11) is 0. The van der Waals surface area contributed by atoms with Crippen molar-refractivity contribution in [1.29, 1.82) is 0 Å². The molecule has 0 N–H and O–H groups in total. The zero-order chi connectivity index (χ0) is 23.4. The number of piperazine rings is 1. The van der Waals surface area contributed by atoms with Crippen molar-refractivity contribution in [3.8, 4) is 11.4 Å². The van der Waals surface area contributed by atoms with Crippen molar-refractivity contribution in [2.24, 2.45) is 0 Å². The summed E-state index contributed by atoms with van der Waals surface area (Å²) in [6, 6.07) is 11.0. The predicted molar refractivity (Wildman–Crippen MR) is 112 cm³/mol. The molecule has 0 aliphatic carbocycles. The van der Waals surface area contributed by atoms with Crippen molar-refractivity contribution in [2.45, 2.75) is 19.1 Å². The lowest BCUT2D eigenvalue weighted by Gasteiger charge is -2.33. The van der Waals surface area contributed by atoms with Gasteiger partial charge in [-0.15, -0.1) is 0 Å². The Bertz CT molecular complexity index is 1090. The molecule has 0 spiro atoms. The van der Waals surface area contributed by atoms with E-state index in [1.54, 1.807) is 12.1 Å². The summed E-state index contributed by atoms with van der Waals surface area (Å²) < 4.78 is 57.8. The van der Waals surface area contributed by atoms with Gasteiger partial charge in [0.2, 0.25) is 11.7 Å². The van der Waals surface area contributed by atoms with Gasteiger partial charge in [0.1, 0.15) is 5.82 Å². The van der Waals surface area contributed by atoms with E-state index in [0.717, 1.165) is 6.07 Å². The Hall–Kier alpha value is -3.11. The first kappa shape index (κ1) is 23.1. The Balaban J connectivity index is 1.26. The molecule has 4 rings (SSSR count). The van der Waals surface area contributed by atoms with Crippen LogP contribution in [0.2, 0.25) is 0 Å². The zero-order valence-corrected chi connectivity index (χ0v) is 17.7. The Labute approximate surface area is 187 Å². The number of benzene rings is 2. The Morgan fingerprint density at radius 1 is 0.970 bits per heavy atom. The SMILES string of the molecule is O=C(Cc1ccccc1C(F)(F)F)CN1CCN(Cc2nc(-c3ccc(F)cc3)no2)CC1. The molecule has 6 nitrogen and oxygen atoms in total. The third kappa shape index (κ3) is 6.02. The molecule has 33 heavy (non-hydrogen) atoms. The summed E-state index contributed by atoms with van der Waals surface area (Å²) in [5, 5.41) is 3.93.